The summed E-state index contributed by atoms with van der Waals surface area (Å²) in [6.07, 6.45) is 3.21. The minimum Gasteiger partial charge on any atom is -0.272 e. The van der Waals surface area contributed by atoms with Crippen molar-refractivity contribution in [2.45, 2.75) is 20.4 Å². The molecule has 0 aromatic carbocycles. The minimum atomic E-state index is -0.510. The van der Waals surface area contributed by atoms with Gasteiger partial charge in [-0.25, -0.2) is 9.97 Å². The highest BCUT2D eigenvalue weighted by Gasteiger charge is 2.23. The summed E-state index contributed by atoms with van der Waals surface area (Å²) in [7, 11) is 0. The van der Waals surface area contributed by atoms with Crippen LogP contribution in [0.15, 0.2) is 12.4 Å². The molecule has 2 rings (SSSR count). The average molecular weight is 268 g/mol. The van der Waals surface area contributed by atoms with Crippen LogP contribution in [0.3, 0.4) is 0 Å². The second-order valence-corrected chi connectivity index (χ2v) is 3.96. The summed E-state index contributed by atoms with van der Waals surface area (Å²) < 4.78 is 1.66. The van der Waals surface area contributed by atoms with E-state index in [-0.39, 0.29) is 22.4 Å². The molecule has 0 saturated heterocycles. The predicted octanol–water partition coefficient (Wildman–Crippen LogP) is 2.23. The highest BCUT2D eigenvalue weighted by Crippen LogP contribution is 2.30. The van der Waals surface area contributed by atoms with Gasteiger partial charge in [0.25, 0.3) is 0 Å². The zero-order valence-electron chi connectivity index (χ0n) is 9.79. The normalized spacial score (nSPS) is 10.6. The van der Waals surface area contributed by atoms with Crippen molar-refractivity contribution in [2.75, 3.05) is 0 Å². The molecule has 0 fully saturated rings. The van der Waals surface area contributed by atoms with Gasteiger partial charge >= 0.3 is 5.69 Å². The largest absolute Gasteiger partial charge is 0.316 e. The third-order valence-electron chi connectivity index (χ3n) is 2.44. The zero-order chi connectivity index (χ0) is 13.3. The Hall–Kier alpha value is -2.02. The number of hydrogen-bond acceptors (Lipinski definition) is 5. The summed E-state index contributed by atoms with van der Waals surface area (Å²) in [6.45, 7) is 4.12. The molecule has 0 aliphatic heterocycles. The summed E-state index contributed by atoms with van der Waals surface area (Å²) in [6, 6.07) is 0. The van der Waals surface area contributed by atoms with Gasteiger partial charge in [0.1, 0.15) is 5.69 Å². The molecular formula is C10H10ClN5O2. The van der Waals surface area contributed by atoms with Gasteiger partial charge in [-0.15, -0.1) is 0 Å². The van der Waals surface area contributed by atoms with Crippen LogP contribution in [-0.2, 0) is 6.54 Å². The number of hydrogen-bond donors (Lipinski definition) is 0. The van der Waals surface area contributed by atoms with E-state index >= 15 is 0 Å². The molecule has 2 heterocycles. The van der Waals surface area contributed by atoms with E-state index in [0.717, 1.165) is 0 Å². The molecule has 7 nitrogen and oxygen atoms in total. The van der Waals surface area contributed by atoms with Crippen molar-refractivity contribution in [3.8, 4) is 11.3 Å². The molecule has 2 aromatic heterocycles. The van der Waals surface area contributed by atoms with Crippen LogP contribution in [0.4, 0.5) is 5.69 Å². The Morgan fingerprint density at radius 2 is 2.22 bits per heavy atom. The van der Waals surface area contributed by atoms with Gasteiger partial charge in [0.15, 0.2) is 5.69 Å². The Balaban J connectivity index is 2.65. The quantitative estimate of drug-likeness (QED) is 0.483. The number of aryl methyl sites for hydroxylation is 2. The SMILES string of the molecule is CCn1cc(-c2nc(Cl)nc(C)c2[N+](=O)[O-])cn1. The summed E-state index contributed by atoms with van der Waals surface area (Å²) in [5.74, 6) is 0. The lowest BCUT2D eigenvalue weighted by molar-refractivity contribution is -0.385. The standard InChI is InChI=1S/C10H10ClN5O2/c1-3-15-5-7(4-12-15)8-9(16(17)18)6(2)13-10(11)14-8/h4-5H,3H2,1-2H3. The lowest BCUT2D eigenvalue weighted by Gasteiger charge is -2.02. The molecule has 0 N–H and O–H groups in total. The van der Waals surface area contributed by atoms with Crippen molar-refractivity contribution in [1.82, 2.24) is 19.7 Å². The second-order valence-electron chi connectivity index (χ2n) is 3.62. The van der Waals surface area contributed by atoms with E-state index in [2.05, 4.69) is 15.1 Å². The first kappa shape index (κ1) is 12.4. The minimum absolute atomic E-state index is 0.0163. The molecule has 2 aromatic rings. The molecule has 0 unspecified atom stereocenters. The monoisotopic (exact) mass is 267 g/mol. The average Bonchev–Trinajstić information content (AvgIpc) is 2.75. The fourth-order valence-corrected chi connectivity index (χ4v) is 1.82. The predicted molar refractivity (Wildman–Crippen MR) is 65.3 cm³/mol. The van der Waals surface area contributed by atoms with Gasteiger partial charge in [0.2, 0.25) is 5.28 Å². The summed E-state index contributed by atoms with van der Waals surface area (Å²) in [5, 5.41) is 15.1. The van der Waals surface area contributed by atoms with Crippen LogP contribution >= 0.6 is 11.6 Å². The Morgan fingerprint density at radius 3 is 2.78 bits per heavy atom. The van der Waals surface area contributed by atoms with Gasteiger partial charge in [0.05, 0.1) is 11.1 Å². The number of nitrogens with zero attached hydrogens (tertiary/aromatic N) is 5. The van der Waals surface area contributed by atoms with Crippen molar-refractivity contribution in [3.05, 3.63) is 33.5 Å². The maximum atomic E-state index is 11.1. The fourth-order valence-electron chi connectivity index (χ4n) is 1.61. The first-order valence-electron chi connectivity index (χ1n) is 5.24. The lowest BCUT2D eigenvalue weighted by Crippen LogP contribution is -2.00. The Bertz CT molecular complexity index is 610. The molecule has 18 heavy (non-hydrogen) atoms. The van der Waals surface area contributed by atoms with E-state index < -0.39 is 4.92 Å². The topological polar surface area (TPSA) is 86.7 Å². The van der Waals surface area contributed by atoms with E-state index in [9.17, 15) is 10.1 Å². The van der Waals surface area contributed by atoms with E-state index in [4.69, 9.17) is 11.6 Å². The van der Waals surface area contributed by atoms with Crippen molar-refractivity contribution >= 4 is 17.3 Å². The van der Waals surface area contributed by atoms with Crippen LogP contribution in [0.25, 0.3) is 11.3 Å². The molecule has 0 bridgehead atoms. The number of aromatic nitrogens is 4. The van der Waals surface area contributed by atoms with Gasteiger partial charge in [-0.1, -0.05) is 0 Å². The first-order chi connectivity index (χ1) is 8.52. The van der Waals surface area contributed by atoms with Gasteiger partial charge < -0.3 is 0 Å². The summed E-state index contributed by atoms with van der Waals surface area (Å²) in [4.78, 5) is 18.3. The van der Waals surface area contributed by atoms with Crippen LogP contribution < -0.4 is 0 Å². The third-order valence-corrected chi connectivity index (χ3v) is 2.61. The zero-order valence-corrected chi connectivity index (χ0v) is 10.5. The number of nitro groups is 1. The van der Waals surface area contributed by atoms with Crippen molar-refractivity contribution in [2.24, 2.45) is 0 Å². The van der Waals surface area contributed by atoms with E-state index in [1.54, 1.807) is 10.9 Å². The first-order valence-corrected chi connectivity index (χ1v) is 5.62. The Labute approximate surface area is 108 Å². The van der Waals surface area contributed by atoms with Crippen molar-refractivity contribution < 1.29 is 4.92 Å². The van der Waals surface area contributed by atoms with E-state index in [1.807, 2.05) is 6.92 Å². The highest BCUT2D eigenvalue weighted by molar-refractivity contribution is 6.28. The highest BCUT2D eigenvalue weighted by atomic mass is 35.5. The van der Waals surface area contributed by atoms with Crippen LogP contribution in [0.2, 0.25) is 5.28 Å². The Morgan fingerprint density at radius 1 is 1.50 bits per heavy atom. The molecule has 0 saturated carbocycles. The maximum Gasteiger partial charge on any atom is 0.316 e. The molecule has 8 heteroatoms. The molecule has 0 spiro atoms. The number of rotatable bonds is 3. The van der Waals surface area contributed by atoms with Crippen LogP contribution in [0, 0.1) is 17.0 Å². The molecule has 0 amide bonds. The summed E-state index contributed by atoms with van der Waals surface area (Å²) >= 11 is 5.75. The second kappa shape index (κ2) is 4.69. The van der Waals surface area contributed by atoms with Gasteiger partial charge in [0, 0.05) is 18.3 Å². The van der Waals surface area contributed by atoms with Crippen LogP contribution in [0.5, 0.6) is 0 Å². The molecule has 0 atom stereocenters. The van der Waals surface area contributed by atoms with Crippen LogP contribution in [-0.4, -0.2) is 24.7 Å². The van der Waals surface area contributed by atoms with E-state index in [1.165, 1.54) is 13.1 Å². The molecular weight excluding hydrogens is 258 g/mol. The fraction of sp³-hybridized carbons (Fsp3) is 0.300. The van der Waals surface area contributed by atoms with Crippen molar-refractivity contribution in [3.63, 3.8) is 0 Å². The maximum absolute atomic E-state index is 11.1. The van der Waals surface area contributed by atoms with Gasteiger partial charge in [-0.2, -0.15) is 5.10 Å². The van der Waals surface area contributed by atoms with Gasteiger partial charge in [-0.3, -0.25) is 14.8 Å². The number of halogens is 1. The van der Waals surface area contributed by atoms with Crippen molar-refractivity contribution in [1.29, 1.82) is 0 Å². The summed E-state index contributed by atoms with van der Waals surface area (Å²) in [5.41, 5.74) is 0.836. The van der Waals surface area contributed by atoms with Crippen LogP contribution in [0.1, 0.15) is 12.6 Å². The third kappa shape index (κ3) is 2.17. The van der Waals surface area contributed by atoms with Gasteiger partial charge in [-0.05, 0) is 25.4 Å². The lowest BCUT2D eigenvalue weighted by atomic mass is 10.2. The molecule has 0 radical (unpaired) electrons. The Kier molecular flexibility index (Phi) is 3.24. The molecule has 0 aliphatic rings. The molecule has 94 valence electrons. The molecule has 0 aliphatic carbocycles. The smallest absolute Gasteiger partial charge is 0.272 e. The van der Waals surface area contributed by atoms with E-state index in [0.29, 0.717) is 12.1 Å².